The maximum Gasteiger partial charge on any atom is 0.407 e. The molecule has 0 spiro atoms. The third kappa shape index (κ3) is 5.29. The first-order valence-corrected chi connectivity index (χ1v) is 6.28. The molecule has 0 fully saturated rings. The van der Waals surface area contributed by atoms with Crippen LogP contribution in [0.2, 0.25) is 0 Å². The summed E-state index contributed by atoms with van der Waals surface area (Å²) >= 11 is 0. The second-order valence-corrected chi connectivity index (χ2v) is 5.25. The zero-order valence-corrected chi connectivity index (χ0v) is 12.4. The Morgan fingerprint density at radius 1 is 1.43 bits per heavy atom. The van der Waals surface area contributed by atoms with Crippen LogP contribution in [0, 0.1) is 5.82 Å². The first-order valence-electron chi connectivity index (χ1n) is 6.28. The Balaban J connectivity index is 2.72. The standard InChI is InChI=1S/C14H19FN2O4/c1-14(2,3)21-13(18)16-8-11(17-19)9-5-6-12(20-4)10(15)7-9/h5-7,19H,8H2,1-4H3,(H,16,18)/b17-11+. The Labute approximate surface area is 122 Å². The van der Waals surface area contributed by atoms with Gasteiger partial charge in [0.05, 0.1) is 13.7 Å². The van der Waals surface area contributed by atoms with Gasteiger partial charge in [-0.15, -0.1) is 0 Å². The Bertz CT molecular complexity index is 538. The van der Waals surface area contributed by atoms with Gasteiger partial charge in [0.25, 0.3) is 0 Å². The number of methoxy groups -OCH3 is 1. The lowest BCUT2D eigenvalue weighted by atomic mass is 10.1. The molecule has 21 heavy (non-hydrogen) atoms. The molecule has 7 heteroatoms. The minimum atomic E-state index is -0.655. The monoisotopic (exact) mass is 298 g/mol. The average Bonchev–Trinajstić information content (AvgIpc) is 2.37. The summed E-state index contributed by atoms with van der Waals surface area (Å²) < 4.78 is 23.4. The van der Waals surface area contributed by atoms with Crippen molar-refractivity contribution in [1.29, 1.82) is 0 Å². The predicted octanol–water partition coefficient (Wildman–Crippen LogP) is 2.54. The molecule has 0 heterocycles. The largest absolute Gasteiger partial charge is 0.494 e. The fourth-order valence-corrected chi connectivity index (χ4v) is 1.51. The molecule has 1 aromatic carbocycles. The van der Waals surface area contributed by atoms with Crippen molar-refractivity contribution < 1.29 is 23.9 Å². The van der Waals surface area contributed by atoms with Crippen LogP contribution >= 0.6 is 0 Å². The molecule has 0 unspecified atom stereocenters. The van der Waals surface area contributed by atoms with E-state index in [1.54, 1.807) is 20.8 Å². The number of hydrogen-bond acceptors (Lipinski definition) is 5. The van der Waals surface area contributed by atoms with Gasteiger partial charge in [-0.1, -0.05) is 5.16 Å². The molecule has 0 aliphatic heterocycles. The number of ether oxygens (including phenoxy) is 2. The smallest absolute Gasteiger partial charge is 0.407 e. The molecular formula is C14H19FN2O4. The first-order chi connectivity index (χ1) is 9.76. The van der Waals surface area contributed by atoms with Crippen LogP contribution in [0.3, 0.4) is 0 Å². The zero-order valence-electron chi connectivity index (χ0n) is 12.4. The van der Waals surface area contributed by atoms with Gasteiger partial charge in [0, 0.05) is 5.56 Å². The van der Waals surface area contributed by atoms with E-state index < -0.39 is 17.5 Å². The van der Waals surface area contributed by atoms with Gasteiger partial charge in [0.2, 0.25) is 0 Å². The molecular weight excluding hydrogens is 279 g/mol. The molecule has 0 aliphatic rings. The van der Waals surface area contributed by atoms with E-state index in [1.807, 2.05) is 0 Å². The van der Waals surface area contributed by atoms with Gasteiger partial charge < -0.3 is 20.0 Å². The summed E-state index contributed by atoms with van der Waals surface area (Å²) in [4.78, 5) is 11.5. The summed E-state index contributed by atoms with van der Waals surface area (Å²) in [5.74, 6) is -0.510. The number of alkyl carbamates (subject to hydrolysis) is 1. The zero-order chi connectivity index (χ0) is 16.0. The van der Waals surface area contributed by atoms with Crippen molar-refractivity contribution in [2.24, 2.45) is 5.16 Å². The molecule has 0 aromatic heterocycles. The van der Waals surface area contributed by atoms with Gasteiger partial charge in [-0.2, -0.15) is 0 Å². The van der Waals surface area contributed by atoms with Crippen molar-refractivity contribution >= 4 is 11.8 Å². The van der Waals surface area contributed by atoms with Crippen LogP contribution in [0.15, 0.2) is 23.4 Å². The first kappa shape index (κ1) is 16.7. The Morgan fingerprint density at radius 2 is 2.10 bits per heavy atom. The number of rotatable bonds is 4. The molecule has 0 bridgehead atoms. The lowest BCUT2D eigenvalue weighted by molar-refractivity contribution is 0.0536. The topological polar surface area (TPSA) is 80.2 Å². The highest BCUT2D eigenvalue weighted by Gasteiger charge is 2.17. The lowest BCUT2D eigenvalue weighted by Crippen LogP contribution is -2.35. The lowest BCUT2D eigenvalue weighted by Gasteiger charge is -2.19. The molecule has 2 N–H and O–H groups in total. The number of nitrogens with zero attached hydrogens (tertiary/aromatic N) is 1. The van der Waals surface area contributed by atoms with E-state index in [9.17, 15) is 9.18 Å². The van der Waals surface area contributed by atoms with E-state index in [1.165, 1.54) is 19.2 Å². The molecule has 0 atom stereocenters. The van der Waals surface area contributed by atoms with Gasteiger partial charge in [-0.3, -0.25) is 0 Å². The van der Waals surface area contributed by atoms with Crippen molar-refractivity contribution in [1.82, 2.24) is 5.32 Å². The number of amides is 1. The van der Waals surface area contributed by atoms with E-state index in [-0.39, 0.29) is 18.0 Å². The second kappa shape index (κ2) is 6.92. The fraction of sp³-hybridized carbons (Fsp3) is 0.429. The number of hydrogen-bond donors (Lipinski definition) is 2. The normalized spacial score (nSPS) is 12.0. The van der Waals surface area contributed by atoms with E-state index in [4.69, 9.17) is 14.7 Å². The van der Waals surface area contributed by atoms with Crippen LogP contribution in [0.5, 0.6) is 5.75 Å². The van der Waals surface area contributed by atoms with Crippen LogP contribution in [0.25, 0.3) is 0 Å². The summed E-state index contributed by atoms with van der Waals surface area (Å²) in [6.07, 6.45) is -0.655. The van der Waals surface area contributed by atoms with Crippen LogP contribution < -0.4 is 10.1 Å². The van der Waals surface area contributed by atoms with Crippen molar-refractivity contribution in [2.75, 3.05) is 13.7 Å². The maximum absolute atomic E-state index is 13.6. The SMILES string of the molecule is COc1ccc(/C(CNC(=O)OC(C)(C)C)=N/O)cc1F. The van der Waals surface area contributed by atoms with Gasteiger partial charge in [0.15, 0.2) is 11.6 Å². The Kier molecular flexibility index (Phi) is 5.52. The molecule has 6 nitrogen and oxygen atoms in total. The van der Waals surface area contributed by atoms with E-state index in [0.717, 1.165) is 6.07 Å². The number of carbonyl (C=O) groups excluding carboxylic acids is 1. The highest BCUT2D eigenvalue weighted by molar-refractivity contribution is 6.02. The van der Waals surface area contributed by atoms with Crippen LogP contribution in [0.4, 0.5) is 9.18 Å². The summed E-state index contributed by atoms with van der Waals surface area (Å²) in [7, 11) is 1.35. The molecule has 1 rings (SSSR count). The molecule has 0 saturated carbocycles. The predicted molar refractivity (Wildman–Crippen MR) is 75.5 cm³/mol. The summed E-state index contributed by atoms with van der Waals surface area (Å²) in [5, 5.41) is 14.5. The number of oxime groups is 1. The molecule has 0 saturated heterocycles. The highest BCUT2D eigenvalue weighted by atomic mass is 19.1. The van der Waals surface area contributed by atoms with Crippen LogP contribution in [0.1, 0.15) is 26.3 Å². The van der Waals surface area contributed by atoms with Crippen LogP contribution in [-0.2, 0) is 4.74 Å². The average molecular weight is 298 g/mol. The molecule has 0 aliphatic carbocycles. The van der Waals surface area contributed by atoms with Gasteiger partial charge in [-0.25, -0.2) is 9.18 Å². The van der Waals surface area contributed by atoms with Crippen molar-refractivity contribution in [3.63, 3.8) is 0 Å². The molecule has 1 amide bonds. The second-order valence-electron chi connectivity index (χ2n) is 5.25. The van der Waals surface area contributed by atoms with E-state index >= 15 is 0 Å². The Hall–Kier alpha value is -2.31. The van der Waals surface area contributed by atoms with Crippen molar-refractivity contribution in [3.8, 4) is 5.75 Å². The number of nitrogens with one attached hydrogen (secondary N) is 1. The van der Waals surface area contributed by atoms with E-state index in [2.05, 4.69) is 10.5 Å². The number of halogens is 1. The fourth-order valence-electron chi connectivity index (χ4n) is 1.51. The third-order valence-electron chi connectivity index (χ3n) is 2.40. The number of carbonyl (C=O) groups is 1. The maximum atomic E-state index is 13.6. The summed E-state index contributed by atoms with van der Waals surface area (Å²) in [5.41, 5.74) is -0.207. The van der Waals surface area contributed by atoms with Crippen molar-refractivity contribution in [3.05, 3.63) is 29.6 Å². The number of benzene rings is 1. The van der Waals surface area contributed by atoms with Crippen LogP contribution in [-0.4, -0.2) is 36.3 Å². The molecule has 1 aromatic rings. The molecule has 116 valence electrons. The van der Waals surface area contributed by atoms with Gasteiger partial charge in [-0.05, 0) is 39.0 Å². The van der Waals surface area contributed by atoms with Gasteiger partial charge in [0.1, 0.15) is 11.3 Å². The minimum absolute atomic E-state index is 0.0798. The van der Waals surface area contributed by atoms with E-state index in [0.29, 0.717) is 5.56 Å². The minimum Gasteiger partial charge on any atom is -0.494 e. The van der Waals surface area contributed by atoms with Gasteiger partial charge >= 0.3 is 6.09 Å². The molecule has 0 radical (unpaired) electrons. The highest BCUT2D eigenvalue weighted by Crippen LogP contribution is 2.18. The summed E-state index contributed by atoms with van der Waals surface area (Å²) in [6, 6.07) is 4.09. The van der Waals surface area contributed by atoms with Crippen molar-refractivity contribution in [2.45, 2.75) is 26.4 Å². The Morgan fingerprint density at radius 3 is 2.57 bits per heavy atom. The quantitative estimate of drug-likeness (QED) is 0.508. The summed E-state index contributed by atoms with van der Waals surface area (Å²) in [6.45, 7) is 5.09. The third-order valence-corrected chi connectivity index (χ3v) is 2.40.